The molecule has 0 saturated heterocycles. The lowest BCUT2D eigenvalue weighted by Gasteiger charge is -2.07. The van der Waals surface area contributed by atoms with Crippen LogP contribution in [0.3, 0.4) is 0 Å². The molecule has 24 heavy (non-hydrogen) atoms. The zero-order valence-electron chi connectivity index (χ0n) is 12.7. The molecule has 2 N–H and O–H groups in total. The number of hydrogen-bond donors (Lipinski definition) is 2. The summed E-state index contributed by atoms with van der Waals surface area (Å²) < 4.78 is 26.2. The third-order valence-electron chi connectivity index (χ3n) is 3.05. The van der Waals surface area contributed by atoms with Crippen LogP contribution in [0.15, 0.2) is 30.3 Å². The average Bonchev–Trinajstić information content (AvgIpc) is 2.99. The molecule has 0 radical (unpaired) electrons. The molecular formula is C16H14F2N2O3S. The van der Waals surface area contributed by atoms with Gasteiger partial charge in [-0.2, -0.15) is 0 Å². The number of anilines is 1. The highest BCUT2D eigenvalue weighted by Crippen LogP contribution is 2.17. The summed E-state index contributed by atoms with van der Waals surface area (Å²) in [7, 11) is 0. The first kappa shape index (κ1) is 17.7. The highest BCUT2D eigenvalue weighted by atomic mass is 32.1. The van der Waals surface area contributed by atoms with Crippen LogP contribution in [-0.2, 0) is 16.0 Å². The summed E-state index contributed by atoms with van der Waals surface area (Å²) in [5.74, 6) is -3.75. The summed E-state index contributed by atoms with van der Waals surface area (Å²) in [6.45, 7) is 1.66. The van der Waals surface area contributed by atoms with E-state index in [-0.39, 0.29) is 18.0 Å². The van der Waals surface area contributed by atoms with Crippen LogP contribution >= 0.6 is 11.3 Å². The Balaban J connectivity index is 1.83. The van der Waals surface area contributed by atoms with Crippen molar-refractivity contribution in [3.8, 4) is 0 Å². The Kier molecular flexibility index (Phi) is 5.75. The van der Waals surface area contributed by atoms with Crippen molar-refractivity contribution < 1.29 is 23.2 Å². The third kappa shape index (κ3) is 4.69. The first-order chi connectivity index (χ1) is 11.4. The minimum absolute atomic E-state index is 0.0315. The van der Waals surface area contributed by atoms with Crippen LogP contribution in [0.5, 0.6) is 0 Å². The first-order valence-electron chi connectivity index (χ1n) is 7.00. The van der Waals surface area contributed by atoms with Gasteiger partial charge in [-0.05, 0) is 37.6 Å². The molecule has 8 heteroatoms. The summed E-state index contributed by atoms with van der Waals surface area (Å²) >= 11 is 1.32. The van der Waals surface area contributed by atoms with Crippen molar-refractivity contribution in [1.29, 1.82) is 0 Å². The van der Waals surface area contributed by atoms with Gasteiger partial charge in [0.25, 0.3) is 0 Å². The Morgan fingerprint density at radius 1 is 1.08 bits per heavy atom. The van der Waals surface area contributed by atoms with Crippen LogP contribution < -0.4 is 10.6 Å². The van der Waals surface area contributed by atoms with Crippen molar-refractivity contribution in [2.24, 2.45) is 0 Å². The molecule has 0 aliphatic carbocycles. The molecule has 1 heterocycles. The molecule has 0 atom stereocenters. The molecule has 5 nitrogen and oxygen atoms in total. The van der Waals surface area contributed by atoms with Gasteiger partial charge in [0.1, 0.15) is 11.6 Å². The van der Waals surface area contributed by atoms with Gasteiger partial charge in [0, 0.05) is 17.5 Å². The van der Waals surface area contributed by atoms with Gasteiger partial charge in [-0.25, -0.2) is 8.78 Å². The lowest BCUT2D eigenvalue weighted by atomic mass is 10.3. The molecule has 0 aliphatic rings. The minimum atomic E-state index is -1.05. The number of Topliss-reactive ketones (excluding diaryl/α,β-unsaturated/α-hetero) is 1. The van der Waals surface area contributed by atoms with Crippen molar-refractivity contribution in [1.82, 2.24) is 5.32 Å². The summed E-state index contributed by atoms with van der Waals surface area (Å²) in [6.07, 6.45) is 0.460. The Bertz CT molecular complexity index is 789. The fourth-order valence-corrected chi connectivity index (χ4v) is 2.75. The molecule has 0 saturated carbocycles. The predicted molar refractivity (Wildman–Crippen MR) is 86.0 cm³/mol. The van der Waals surface area contributed by atoms with E-state index >= 15 is 0 Å². The number of carbonyl (C=O) groups is 3. The van der Waals surface area contributed by atoms with Gasteiger partial charge < -0.3 is 10.6 Å². The summed E-state index contributed by atoms with van der Waals surface area (Å²) in [6, 6.07) is 6.09. The molecule has 2 rings (SSSR count). The SMILES string of the molecule is CC(=O)c1ccc(CCNC(=O)C(=O)Nc2ccc(F)cc2F)s1. The van der Waals surface area contributed by atoms with Crippen LogP contribution in [0.1, 0.15) is 21.5 Å². The maximum atomic E-state index is 13.4. The topological polar surface area (TPSA) is 75.3 Å². The second-order valence-corrected chi connectivity index (χ2v) is 6.07. The molecule has 0 unspecified atom stereocenters. The summed E-state index contributed by atoms with van der Waals surface area (Å²) in [5, 5.41) is 4.46. The molecule has 2 amide bonds. The fourth-order valence-electron chi connectivity index (χ4n) is 1.85. The van der Waals surface area contributed by atoms with E-state index in [9.17, 15) is 23.2 Å². The molecule has 1 aromatic heterocycles. The zero-order valence-corrected chi connectivity index (χ0v) is 13.5. The van der Waals surface area contributed by atoms with Gasteiger partial charge in [0.15, 0.2) is 5.78 Å². The highest BCUT2D eigenvalue weighted by Gasteiger charge is 2.15. The molecular weight excluding hydrogens is 338 g/mol. The molecule has 2 aromatic rings. The summed E-state index contributed by atoms with van der Waals surface area (Å²) in [4.78, 5) is 36.0. The number of hydrogen-bond acceptors (Lipinski definition) is 4. The number of nitrogens with one attached hydrogen (secondary N) is 2. The van der Waals surface area contributed by atoms with E-state index in [1.165, 1.54) is 18.3 Å². The average molecular weight is 352 g/mol. The molecule has 1 aromatic carbocycles. The number of benzene rings is 1. The largest absolute Gasteiger partial charge is 0.347 e. The van der Waals surface area contributed by atoms with E-state index in [4.69, 9.17) is 0 Å². The van der Waals surface area contributed by atoms with Crippen molar-refractivity contribution in [2.75, 3.05) is 11.9 Å². The number of carbonyl (C=O) groups excluding carboxylic acids is 3. The molecule has 126 valence electrons. The van der Waals surface area contributed by atoms with E-state index in [1.807, 2.05) is 0 Å². The van der Waals surface area contributed by atoms with Crippen molar-refractivity contribution in [3.05, 3.63) is 51.7 Å². The second kappa shape index (κ2) is 7.78. The Hall–Kier alpha value is -2.61. The maximum Gasteiger partial charge on any atom is 0.313 e. The first-order valence-corrected chi connectivity index (χ1v) is 7.82. The lowest BCUT2D eigenvalue weighted by molar-refractivity contribution is -0.136. The monoisotopic (exact) mass is 352 g/mol. The fraction of sp³-hybridized carbons (Fsp3) is 0.188. The normalized spacial score (nSPS) is 10.3. The van der Waals surface area contributed by atoms with Crippen LogP contribution in [0.4, 0.5) is 14.5 Å². The van der Waals surface area contributed by atoms with Crippen LogP contribution in [-0.4, -0.2) is 24.1 Å². The molecule has 0 bridgehead atoms. The Morgan fingerprint density at radius 2 is 1.83 bits per heavy atom. The summed E-state index contributed by atoms with van der Waals surface area (Å²) in [5.41, 5.74) is -0.277. The lowest BCUT2D eigenvalue weighted by Crippen LogP contribution is -2.36. The Morgan fingerprint density at radius 3 is 2.46 bits per heavy atom. The van der Waals surface area contributed by atoms with E-state index in [2.05, 4.69) is 10.6 Å². The quantitative estimate of drug-likeness (QED) is 0.641. The smallest absolute Gasteiger partial charge is 0.313 e. The Labute approximate surface area is 140 Å². The van der Waals surface area contributed by atoms with E-state index in [0.29, 0.717) is 17.4 Å². The van der Waals surface area contributed by atoms with Crippen molar-refractivity contribution in [2.45, 2.75) is 13.3 Å². The predicted octanol–water partition coefficient (Wildman–Crippen LogP) is 2.53. The molecule has 0 aliphatic heterocycles. The molecule has 0 spiro atoms. The van der Waals surface area contributed by atoms with Gasteiger partial charge in [0.05, 0.1) is 10.6 Å². The van der Waals surface area contributed by atoms with Crippen LogP contribution in [0.25, 0.3) is 0 Å². The van der Waals surface area contributed by atoms with Gasteiger partial charge in [-0.1, -0.05) is 0 Å². The van der Waals surface area contributed by atoms with Crippen molar-refractivity contribution >= 4 is 34.6 Å². The maximum absolute atomic E-state index is 13.4. The van der Waals surface area contributed by atoms with Gasteiger partial charge in [0.2, 0.25) is 0 Å². The second-order valence-electron chi connectivity index (χ2n) is 4.91. The third-order valence-corrected chi connectivity index (χ3v) is 4.30. The standard InChI is InChI=1S/C16H14F2N2O3S/c1-9(21)14-5-3-11(24-14)6-7-19-15(22)16(23)20-13-4-2-10(17)8-12(13)18/h2-5,8H,6-7H2,1H3,(H,19,22)(H,20,23). The molecule has 0 fully saturated rings. The van der Waals surface area contributed by atoms with Crippen molar-refractivity contribution in [3.63, 3.8) is 0 Å². The number of amides is 2. The number of ketones is 1. The van der Waals surface area contributed by atoms with E-state index in [0.717, 1.165) is 17.0 Å². The van der Waals surface area contributed by atoms with Gasteiger partial charge in [-0.3, -0.25) is 14.4 Å². The van der Waals surface area contributed by atoms with Gasteiger partial charge in [-0.15, -0.1) is 11.3 Å². The van der Waals surface area contributed by atoms with E-state index in [1.54, 1.807) is 12.1 Å². The number of thiophene rings is 1. The van der Waals surface area contributed by atoms with Crippen LogP contribution in [0, 0.1) is 11.6 Å². The highest BCUT2D eigenvalue weighted by molar-refractivity contribution is 7.14. The van der Waals surface area contributed by atoms with Gasteiger partial charge >= 0.3 is 11.8 Å². The zero-order chi connectivity index (χ0) is 17.7. The minimum Gasteiger partial charge on any atom is -0.347 e. The number of rotatable bonds is 5. The van der Waals surface area contributed by atoms with E-state index < -0.39 is 23.4 Å². The number of halogens is 2. The van der Waals surface area contributed by atoms with Crippen LogP contribution in [0.2, 0.25) is 0 Å².